The van der Waals surface area contributed by atoms with Crippen LogP contribution >= 0.6 is 11.6 Å². The van der Waals surface area contributed by atoms with Crippen LogP contribution in [0.1, 0.15) is 27.0 Å². The Morgan fingerprint density at radius 3 is 2.58 bits per heavy atom. The summed E-state index contributed by atoms with van der Waals surface area (Å²) in [4.78, 5) is 13.0. The zero-order valence-electron chi connectivity index (χ0n) is 17.4. The fourth-order valence-electron chi connectivity index (χ4n) is 3.43. The van der Waals surface area contributed by atoms with Gasteiger partial charge in [0.2, 0.25) is 5.78 Å². The van der Waals surface area contributed by atoms with E-state index < -0.39 is 0 Å². The van der Waals surface area contributed by atoms with Crippen molar-refractivity contribution in [2.24, 2.45) is 0 Å². The lowest BCUT2D eigenvalue weighted by Gasteiger charge is -2.09. The molecule has 0 N–H and O–H groups in total. The van der Waals surface area contributed by atoms with Gasteiger partial charge in [-0.25, -0.2) is 0 Å². The Kier molecular flexibility index (Phi) is 5.87. The van der Waals surface area contributed by atoms with Crippen molar-refractivity contribution in [2.45, 2.75) is 13.5 Å². The van der Waals surface area contributed by atoms with Gasteiger partial charge < -0.3 is 18.9 Å². The highest BCUT2D eigenvalue weighted by Crippen LogP contribution is 2.38. The summed E-state index contributed by atoms with van der Waals surface area (Å²) in [6.07, 6.45) is 1.67. The maximum atomic E-state index is 13.0. The van der Waals surface area contributed by atoms with Crippen LogP contribution in [0, 0.1) is 6.92 Å². The van der Waals surface area contributed by atoms with Gasteiger partial charge in [-0.1, -0.05) is 23.7 Å². The minimum atomic E-state index is -0.174. The van der Waals surface area contributed by atoms with Gasteiger partial charge >= 0.3 is 0 Å². The molecule has 0 atom stereocenters. The fourth-order valence-corrected chi connectivity index (χ4v) is 3.65. The van der Waals surface area contributed by atoms with Crippen molar-refractivity contribution in [3.63, 3.8) is 0 Å². The van der Waals surface area contributed by atoms with E-state index >= 15 is 0 Å². The summed E-state index contributed by atoms with van der Waals surface area (Å²) in [5, 5.41) is 0.656. The van der Waals surface area contributed by atoms with Crippen LogP contribution in [0.3, 0.4) is 0 Å². The molecule has 0 aliphatic carbocycles. The van der Waals surface area contributed by atoms with E-state index in [0.717, 1.165) is 16.7 Å². The molecule has 4 rings (SSSR count). The number of hydrogen-bond donors (Lipinski definition) is 0. The predicted molar refractivity (Wildman–Crippen MR) is 119 cm³/mol. The van der Waals surface area contributed by atoms with Crippen molar-refractivity contribution in [2.75, 3.05) is 14.2 Å². The summed E-state index contributed by atoms with van der Waals surface area (Å²) >= 11 is 6.03. The molecule has 3 aromatic carbocycles. The second kappa shape index (κ2) is 8.74. The molecule has 0 fully saturated rings. The number of carbonyl (C=O) groups excluding carboxylic acids is 1. The third kappa shape index (κ3) is 4.37. The Morgan fingerprint density at radius 2 is 1.84 bits per heavy atom. The zero-order chi connectivity index (χ0) is 22.0. The first-order chi connectivity index (χ1) is 15.0. The second-order valence-corrected chi connectivity index (χ2v) is 7.52. The van der Waals surface area contributed by atoms with E-state index in [1.54, 1.807) is 38.5 Å². The van der Waals surface area contributed by atoms with Gasteiger partial charge in [0.15, 0.2) is 5.76 Å². The first-order valence-electron chi connectivity index (χ1n) is 9.66. The van der Waals surface area contributed by atoms with Crippen molar-refractivity contribution >= 4 is 23.5 Å². The molecule has 0 saturated carbocycles. The van der Waals surface area contributed by atoms with Crippen LogP contribution in [-0.4, -0.2) is 20.0 Å². The van der Waals surface area contributed by atoms with E-state index in [1.807, 2.05) is 43.3 Å². The Labute approximate surface area is 185 Å². The standard InChI is InChI=1S/C25H21ClO5/c1-15-9-20(30-14-16-5-4-6-18(26)10-16)13-22-24(15)25(27)23(31-22)11-17-7-8-19(28-2)12-21(17)29-3/h4-13H,14H2,1-3H3/b23-11-. The number of ether oxygens (including phenoxy) is 4. The first-order valence-corrected chi connectivity index (χ1v) is 10.0. The van der Waals surface area contributed by atoms with Gasteiger partial charge in [-0.3, -0.25) is 4.79 Å². The summed E-state index contributed by atoms with van der Waals surface area (Å²) in [5.41, 5.74) is 2.99. The molecule has 31 heavy (non-hydrogen) atoms. The van der Waals surface area contributed by atoms with Crippen LogP contribution in [0.15, 0.2) is 60.4 Å². The molecular weight excluding hydrogens is 416 g/mol. The molecule has 0 bridgehead atoms. The Balaban J connectivity index is 1.59. The van der Waals surface area contributed by atoms with E-state index in [-0.39, 0.29) is 11.5 Å². The minimum absolute atomic E-state index is 0.174. The van der Waals surface area contributed by atoms with Gasteiger partial charge in [-0.2, -0.15) is 0 Å². The normalized spacial score (nSPS) is 13.7. The van der Waals surface area contributed by atoms with Gasteiger partial charge in [0.1, 0.15) is 29.6 Å². The third-order valence-corrected chi connectivity index (χ3v) is 5.20. The van der Waals surface area contributed by atoms with E-state index in [0.29, 0.717) is 40.2 Å². The molecule has 6 heteroatoms. The minimum Gasteiger partial charge on any atom is -0.497 e. The summed E-state index contributed by atoms with van der Waals surface area (Å²) in [6, 6.07) is 16.4. The molecule has 0 amide bonds. The van der Waals surface area contributed by atoms with Crippen LogP contribution in [0.25, 0.3) is 6.08 Å². The van der Waals surface area contributed by atoms with E-state index in [4.69, 9.17) is 30.5 Å². The molecular formula is C25H21ClO5. The number of carbonyl (C=O) groups is 1. The van der Waals surface area contributed by atoms with Gasteiger partial charge in [0.25, 0.3) is 0 Å². The van der Waals surface area contributed by atoms with Crippen LogP contribution in [0.2, 0.25) is 5.02 Å². The number of allylic oxidation sites excluding steroid dienone is 1. The molecule has 0 spiro atoms. The predicted octanol–water partition coefficient (Wildman–Crippen LogP) is 5.86. The molecule has 0 aromatic heterocycles. The second-order valence-electron chi connectivity index (χ2n) is 7.08. The summed E-state index contributed by atoms with van der Waals surface area (Å²) < 4.78 is 22.4. The molecule has 0 saturated heterocycles. The molecule has 1 aliphatic heterocycles. The highest BCUT2D eigenvalue weighted by atomic mass is 35.5. The van der Waals surface area contributed by atoms with Crippen molar-refractivity contribution < 1.29 is 23.7 Å². The van der Waals surface area contributed by atoms with Crippen LogP contribution in [-0.2, 0) is 6.61 Å². The number of hydrogen-bond acceptors (Lipinski definition) is 5. The first kappa shape index (κ1) is 20.8. The largest absolute Gasteiger partial charge is 0.497 e. The molecule has 0 radical (unpaired) electrons. The lowest BCUT2D eigenvalue weighted by atomic mass is 10.0. The Hall–Kier alpha value is -3.44. The maximum absolute atomic E-state index is 13.0. The number of Topliss-reactive ketones (excluding diaryl/α,β-unsaturated/α-hetero) is 1. The van der Waals surface area contributed by atoms with E-state index in [9.17, 15) is 4.79 Å². The number of benzene rings is 3. The molecule has 3 aromatic rings. The molecule has 158 valence electrons. The van der Waals surface area contributed by atoms with Crippen LogP contribution < -0.4 is 18.9 Å². The summed E-state index contributed by atoms with van der Waals surface area (Å²) in [7, 11) is 3.15. The number of rotatable bonds is 6. The Morgan fingerprint density at radius 1 is 1.00 bits per heavy atom. The zero-order valence-corrected chi connectivity index (χ0v) is 18.2. The Bertz CT molecular complexity index is 1180. The number of methoxy groups -OCH3 is 2. The van der Waals surface area contributed by atoms with Gasteiger partial charge in [-0.15, -0.1) is 0 Å². The molecule has 1 heterocycles. The van der Waals surface area contributed by atoms with Crippen molar-refractivity contribution in [1.82, 2.24) is 0 Å². The average molecular weight is 437 g/mol. The quantitative estimate of drug-likeness (QED) is 0.453. The fraction of sp³-hybridized carbons (Fsp3) is 0.160. The van der Waals surface area contributed by atoms with Crippen LogP contribution in [0.4, 0.5) is 0 Å². The van der Waals surface area contributed by atoms with Crippen LogP contribution in [0.5, 0.6) is 23.0 Å². The number of halogens is 1. The van der Waals surface area contributed by atoms with Gasteiger partial charge in [0.05, 0.1) is 19.8 Å². The number of fused-ring (bicyclic) bond motifs is 1. The van der Waals surface area contributed by atoms with Crippen molar-refractivity contribution in [3.05, 3.63) is 87.6 Å². The van der Waals surface area contributed by atoms with E-state index in [1.165, 1.54) is 0 Å². The smallest absolute Gasteiger partial charge is 0.232 e. The van der Waals surface area contributed by atoms with Gasteiger partial charge in [0, 0.05) is 22.7 Å². The molecule has 0 unspecified atom stereocenters. The molecule has 5 nitrogen and oxygen atoms in total. The topological polar surface area (TPSA) is 54.0 Å². The van der Waals surface area contributed by atoms with Crippen molar-refractivity contribution in [1.29, 1.82) is 0 Å². The lowest BCUT2D eigenvalue weighted by Crippen LogP contribution is -2.00. The van der Waals surface area contributed by atoms with Crippen molar-refractivity contribution in [3.8, 4) is 23.0 Å². The molecule has 1 aliphatic rings. The highest BCUT2D eigenvalue weighted by molar-refractivity contribution is 6.30. The SMILES string of the molecule is COc1ccc(/C=C2\Oc3cc(OCc4cccc(Cl)c4)cc(C)c3C2=O)c(OC)c1. The lowest BCUT2D eigenvalue weighted by molar-refractivity contribution is 0.101. The number of ketones is 1. The highest BCUT2D eigenvalue weighted by Gasteiger charge is 2.30. The third-order valence-electron chi connectivity index (χ3n) is 4.97. The van der Waals surface area contributed by atoms with Gasteiger partial charge in [-0.05, 0) is 54.5 Å². The average Bonchev–Trinajstić information content (AvgIpc) is 3.08. The monoisotopic (exact) mass is 436 g/mol. The summed E-state index contributed by atoms with van der Waals surface area (Å²) in [5.74, 6) is 2.40. The maximum Gasteiger partial charge on any atom is 0.232 e. The summed E-state index contributed by atoms with van der Waals surface area (Å²) in [6.45, 7) is 2.22. The number of aryl methyl sites for hydroxylation is 1. The van der Waals surface area contributed by atoms with E-state index in [2.05, 4.69) is 0 Å².